The van der Waals surface area contributed by atoms with E-state index in [1.165, 1.54) is 12.7 Å². The Morgan fingerprint density at radius 3 is 2.65 bits per heavy atom. The standard InChI is InChI=1S/C19H20N2O2/c1-23-19(22)12-17(16-4-2-3-15(11-16)13-20)8-5-14-6-9-18(21)10-7-14/h2-4,6-7,9-11,17H,5,8,12,21H2,1H3/t17-/m0/s1. The third-order valence-corrected chi connectivity index (χ3v) is 3.89. The average molecular weight is 308 g/mol. The number of nitriles is 1. The molecular formula is C19H20N2O2. The molecule has 4 heteroatoms. The minimum Gasteiger partial charge on any atom is -0.469 e. The van der Waals surface area contributed by atoms with E-state index in [4.69, 9.17) is 15.7 Å². The zero-order chi connectivity index (χ0) is 16.7. The van der Waals surface area contributed by atoms with Crippen molar-refractivity contribution in [3.05, 3.63) is 65.2 Å². The molecule has 2 rings (SSSR count). The maximum atomic E-state index is 11.7. The van der Waals surface area contributed by atoms with Gasteiger partial charge in [-0.1, -0.05) is 24.3 Å². The Kier molecular flexibility index (Phi) is 5.76. The van der Waals surface area contributed by atoms with Gasteiger partial charge in [0.05, 0.1) is 25.2 Å². The number of nitrogen functional groups attached to an aromatic ring is 1. The van der Waals surface area contributed by atoms with Crippen LogP contribution >= 0.6 is 0 Å². The SMILES string of the molecule is COC(=O)C[C@H](CCc1ccc(N)cc1)c1cccc(C#N)c1. The van der Waals surface area contributed by atoms with Crippen molar-refractivity contribution >= 4 is 11.7 Å². The van der Waals surface area contributed by atoms with Gasteiger partial charge < -0.3 is 10.5 Å². The molecule has 0 unspecified atom stereocenters. The zero-order valence-corrected chi connectivity index (χ0v) is 13.2. The van der Waals surface area contributed by atoms with Gasteiger partial charge in [-0.15, -0.1) is 0 Å². The number of hydrogen-bond acceptors (Lipinski definition) is 4. The van der Waals surface area contributed by atoms with Gasteiger partial charge >= 0.3 is 5.97 Å². The van der Waals surface area contributed by atoms with Crippen LogP contribution in [-0.2, 0) is 16.0 Å². The summed E-state index contributed by atoms with van der Waals surface area (Å²) in [5.74, 6) is -0.219. The van der Waals surface area contributed by atoms with Gasteiger partial charge in [-0.3, -0.25) is 4.79 Å². The van der Waals surface area contributed by atoms with E-state index in [1.807, 2.05) is 42.5 Å². The van der Waals surface area contributed by atoms with E-state index < -0.39 is 0 Å². The normalized spacial score (nSPS) is 11.5. The number of carbonyl (C=O) groups excluding carboxylic acids is 1. The predicted molar refractivity (Wildman–Crippen MR) is 89.7 cm³/mol. The molecule has 0 fully saturated rings. The predicted octanol–water partition coefficient (Wildman–Crippen LogP) is 3.42. The lowest BCUT2D eigenvalue weighted by Gasteiger charge is -2.16. The maximum absolute atomic E-state index is 11.7. The van der Waals surface area contributed by atoms with Crippen LogP contribution in [-0.4, -0.2) is 13.1 Å². The van der Waals surface area contributed by atoms with Crippen LogP contribution in [0, 0.1) is 11.3 Å². The van der Waals surface area contributed by atoms with Crippen LogP contribution in [0.3, 0.4) is 0 Å². The van der Waals surface area contributed by atoms with E-state index in [0.29, 0.717) is 12.0 Å². The summed E-state index contributed by atoms with van der Waals surface area (Å²) < 4.78 is 4.81. The van der Waals surface area contributed by atoms with Crippen molar-refractivity contribution in [1.82, 2.24) is 0 Å². The summed E-state index contributed by atoms with van der Waals surface area (Å²) in [6, 6.07) is 17.3. The van der Waals surface area contributed by atoms with Gasteiger partial charge in [0.1, 0.15) is 0 Å². The van der Waals surface area contributed by atoms with Crippen molar-refractivity contribution in [2.24, 2.45) is 0 Å². The number of benzene rings is 2. The number of aryl methyl sites for hydroxylation is 1. The minimum atomic E-state index is -0.241. The molecule has 0 aromatic heterocycles. The second-order valence-corrected chi connectivity index (χ2v) is 5.49. The first-order valence-corrected chi connectivity index (χ1v) is 7.53. The molecule has 0 saturated heterocycles. The van der Waals surface area contributed by atoms with Crippen molar-refractivity contribution in [3.8, 4) is 6.07 Å². The van der Waals surface area contributed by atoms with Crippen LogP contribution in [0.4, 0.5) is 5.69 Å². The second kappa shape index (κ2) is 8.00. The van der Waals surface area contributed by atoms with Crippen molar-refractivity contribution in [3.63, 3.8) is 0 Å². The van der Waals surface area contributed by atoms with Crippen molar-refractivity contribution in [2.75, 3.05) is 12.8 Å². The largest absolute Gasteiger partial charge is 0.469 e. The number of nitrogens with zero attached hydrogens (tertiary/aromatic N) is 1. The molecule has 0 aliphatic carbocycles. The number of nitrogens with two attached hydrogens (primary N) is 1. The van der Waals surface area contributed by atoms with Crippen molar-refractivity contribution < 1.29 is 9.53 Å². The highest BCUT2D eigenvalue weighted by molar-refractivity contribution is 5.70. The average Bonchev–Trinajstić information content (AvgIpc) is 2.59. The van der Waals surface area contributed by atoms with Gasteiger partial charge in [0.15, 0.2) is 0 Å². The second-order valence-electron chi connectivity index (χ2n) is 5.49. The van der Waals surface area contributed by atoms with Crippen molar-refractivity contribution in [2.45, 2.75) is 25.2 Å². The van der Waals surface area contributed by atoms with Crippen LogP contribution in [0.15, 0.2) is 48.5 Å². The van der Waals surface area contributed by atoms with Gasteiger partial charge in [-0.25, -0.2) is 0 Å². The highest BCUT2D eigenvalue weighted by Gasteiger charge is 2.17. The van der Waals surface area contributed by atoms with Crippen molar-refractivity contribution in [1.29, 1.82) is 5.26 Å². The van der Waals surface area contributed by atoms with E-state index in [9.17, 15) is 4.79 Å². The van der Waals surface area contributed by atoms with E-state index in [2.05, 4.69) is 6.07 Å². The number of esters is 1. The molecule has 118 valence electrons. The molecule has 4 nitrogen and oxygen atoms in total. The van der Waals surface area contributed by atoms with Crippen LogP contribution in [0.5, 0.6) is 0 Å². The number of ether oxygens (including phenoxy) is 1. The van der Waals surface area contributed by atoms with Gasteiger partial charge in [0, 0.05) is 5.69 Å². The first-order valence-electron chi connectivity index (χ1n) is 7.53. The molecule has 0 heterocycles. The monoisotopic (exact) mass is 308 g/mol. The van der Waals surface area contributed by atoms with Crippen LogP contribution in [0.1, 0.15) is 35.4 Å². The van der Waals surface area contributed by atoms with E-state index in [-0.39, 0.29) is 11.9 Å². The Morgan fingerprint density at radius 2 is 2.00 bits per heavy atom. The molecule has 2 aromatic carbocycles. The smallest absolute Gasteiger partial charge is 0.306 e. The number of methoxy groups -OCH3 is 1. The molecular weight excluding hydrogens is 288 g/mol. The van der Waals surface area contributed by atoms with Crippen LogP contribution in [0.2, 0.25) is 0 Å². The molecule has 1 atom stereocenters. The van der Waals surface area contributed by atoms with Gasteiger partial charge in [0.2, 0.25) is 0 Å². The van der Waals surface area contributed by atoms with Gasteiger partial charge in [0.25, 0.3) is 0 Å². The molecule has 0 spiro atoms. The minimum absolute atomic E-state index is 0.0216. The third kappa shape index (κ3) is 4.86. The number of carbonyl (C=O) groups is 1. The molecule has 2 aromatic rings. The molecule has 0 aliphatic heterocycles. The fourth-order valence-electron chi connectivity index (χ4n) is 2.56. The summed E-state index contributed by atoms with van der Waals surface area (Å²) in [7, 11) is 1.39. The summed E-state index contributed by atoms with van der Waals surface area (Å²) >= 11 is 0. The summed E-state index contributed by atoms with van der Waals surface area (Å²) in [5.41, 5.74) is 9.20. The number of hydrogen-bond donors (Lipinski definition) is 1. The van der Waals surface area contributed by atoms with Crippen LogP contribution < -0.4 is 5.73 Å². The molecule has 0 radical (unpaired) electrons. The molecule has 0 saturated carbocycles. The topological polar surface area (TPSA) is 76.1 Å². The lowest BCUT2D eigenvalue weighted by Crippen LogP contribution is -2.10. The Balaban J connectivity index is 2.14. The highest BCUT2D eigenvalue weighted by atomic mass is 16.5. The molecule has 23 heavy (non-hydrogen) atoms. The molecule has 0 amide bonds. The fraction of sp³-hybridized carbons (Fsp3) is 0.263. The Morgan fingerprint density at radius 1 is 1.26 bits per heavy atom. The first-order chi connectivity index (χ1) is 11.1. The summed E-state index contributed by atoms with van der Waals surface area (Å²) in [4.78, 5) is 11.7. The molecule has 0 aliphatic rings. The Labute approximate surface area is 136 Å². The Hall–Kier alpha value is -2.80. The fourth-order valence-corrected chi connectivity index (χ4v) is 2.56. The van der Waals surface area contributed by atoms with Crippen LogP contribution in [0.25, 0.3) is 0 Å². The Bertz CT molecular complexity index is 702. The number of rotatable bonds is 6. The maximum Gasteiger partial charge on any atom is 0.306 e. The van der Waals surface area contributed by atoms with Gasteiger partial charge in [-0.05, 0) is 54.2 Å². The lowest BCUT2D eigenvalue weighted by molar-refractivity contribution is -0.141. The third-order valence-electron chi connectivity index (χ3n) is 3.89. The number of anilines is 1. The highest BCUT2D eigenvalue weighted by Crippen LogP contribution is 2.26. The van der Waals surface area contributed by atoms with E-state index in [1.54, 1.807) is 6.07 Å². The summed E-state index contributed by atoms with van der Waals surface area (Å²) in [6.45, 7) is 0. The summed E-state index contributed by atoms with van der Waals surface area (Å²) in [6.07, 6.45) is 1.94. The van der Waals surface area contributed by atoms with E-state index >= 15 is 0 Å². The molecule has 0 bridgehead atoms. The van der Waals surface area contributed by atoms with E-state index in [0.717, 1.165) is 24.1 Å². The quantitative estimate of drug-likeness (QED) is 0.655. The lowest BCUT2D eigenvalue weighted by atomic mass is 9.89. The summed E-state index contributed by atoms with van der Waals surface area (Å²) in [5, 5.41) is 9.05. The van der Waals surface area contributed by atoms with Gasteiger partial charge in [-0.2, -0.15) is 5.26 Å². The zero-order valence-electron chi connectivity index (χ0n) is 13.2. The first kappa shape index (κ1) is 16.6. The molecule has 2 N–H and O–H groups in total.